The van der Waals surface area contributed by atoms with Crippen molar-refractivity contribution in [2.75, 3.05) is 0 Å². The second-order valence-electron chi connectivity index (χ2n) is 10.4. The first-order valence-electron chi connectivity index (χ1n) is 13.9. The molecule has 0 aliphatic rings. The lowest BCUT2D eigenvalue weighted by atomic mass is 9.92. The van der Waals surface area contributed by atoms with Crippen LogP contribution in [0.3, 0.4) is 0 Å². The summed E-state index contributed by atoms with van der Waals surface area (Å²) >= 11 is 6.47. The molecule has 0 fully saturated rings. The Morgan fingerprint density at radius 2 is 1.54 bits per heavy atom. The predicted molar refractivity (Wildman–Crippen MR) is 171 cm³/mol. The largest absolute Gasteiger partial charge is 0.478 e. The molecule has 1 N–H and O–H groups in total. The van der Waals surface area contributed by atoms with Gasteiger partial charge in [-0.2, -0.15) is 10.5 Å². The van der Waals surface area contributed by atoms with E-state index in [2.05, 4.69) is 4.98 Å². The van der Waals surface area contributed by atoms with Gasteiger partial charge in [-0.15, -0.1) is 0 Å². The van der Waals surface area contributed by atoms with Gasteiger partial charge in [-0.1, -0.05) is 48.0 Å². The molecule has 6 rings (SSSR count). The Kier molecular flexibility index (Phi) is 8.23. The zero-order chi connectivity index (χ0) is 34.3. The number of hydrogen-bond acceptors (Lipinski definition) is 6. The van der Waals surface area contributed by atoms with Gasteiger partial charge in [0.25, 0.3) is 16.4 Å². The molecule has 0 bridgehead atoms. The highest BCUT2D eigenvalue weighted by Crippen LogP contribution is 2.46. The number of aromatic carboxylic acids is 1. The lowest BCUT2D eigenvalue weighted by Gasteiger charge is -2.16. The van der Waals surface area contributed by atoms with Crippen LogP contribution in [0.1, 0.15) is 33.5 Å². The summed E-state index contributed by atoms with van der Waals surface area (Å²) in [6.07, 6.45) is -0.459. The second kappa shape index (κ2) is 12.3. The summed E-state index contributed by atoms with van der Waals surface area (Å²) in [6.45, 7) is 0. The first kappa shape index (κ1) is 32.0. The van der Waals surface area contributed by atoms with Crippen molar-refractivity contribution in [3.8, 4) is 45.6 Å². The summed E-state index contributed by atoms with van der Waals surface area (Å²) in [4.78, 5) is 15.1. The van der Waals surface area contributed by atoms with Crippen LogP contribution in [0.15, 0.2) is 102 Å². The number of carboxylic acids is 1. The molecule has 2 heterocycles. The van der Waals surface area contributed by atoms with Crippen LogP contribution in [0.25, 0.3) is 44.4 Å². The third-order valence-electron chi connectivity index (χ3n) is 7.66. The van der Waals surface area contributed by atoms with Gasteiger partial charge in [0.05, 0.1) is 32.8 Å². The fraction of sp³-hybridized carbons (Fsp3) is 0.0286. The number of nitriles is 2. The van der Waals surface area contributed by atoms with E-state index < -0.39 is 33.8 Å². The van der Waals surface area contributed by atoms with Crippen molar-refractivity contribution in [2.24, 2.45) is 0 Å². The van der Waals surface area contributed by atoms with Crippen LogP contribution < -0.4 is 0 Å². The van der Waals surface area contributed by atoms with Crippen LogP contribution in [-0.4, -0.2) is 28.5 Å². The van der Waals surface area contributed by atoms with E-state index >= 15 is 0 Å². The topological polar surface area (TPSA) is 137 Å². The average molecular weight is 683 g/mol. The number of alkyl halides is 2. The monoisotopic (exact) mass is 682 g/mol. The first-order chi connectivity index (χ1) is 23.0. The highest BCUT2D eigenvalue weighted by atomic mass is 35.5. The molecule has 0 saturated heterocycles. The van der Waals surface area contributed by atoms with Gasteiger partial charge >= 0.3 is 5.97 Å². The highest BCUT2D eigenvalue weighted by molar-refractivity contribution is 7.90. The maximum absolute atomic E-state index is 15.0. The fourth-order valence-corrected chi connectivity index (χ4v) is 7.34. The van der Waals surface area contributed by atoms with E-state index in [4.69, 9.17) is 11.6 Å². The molecule has 4 aromatic carbocycles. The molecule has 0 amide bonds. The summed E-state index contributed by atoms with van der Waals surface area (Å²) < 4.78 is 71.7. The Labute approximate surface area is 276 Å². The molecule has 0 saturated carbocycles. The maximum atomic E-state index is 15.0. The molecule has 13 heteroatoms. The van der Waals surface area contributed by atoms with E-state index in [1.807, 2.05) is 12.1 Å². The molecule has 48 heavy (non-hydrogen) atoms. The van der Waals surface area contributed by atoms with Gasteiger partial charge in [-0.3, -0.25) is 4.98 Å². The van der Waals surface area contributed by atoms with Crippen molar-refractivity contribution in [3.63, 3.8) is 0 Å². The fourth-order valence-electron chi connectivity index (χ4n) is 5.51. The summed E-state index contributed by atoms with van der Waals surface area (Å²) in [5.74, 6) is -1.93. The van der Waals surface area contributed by atoms with Crippen LogP contribution in [0, 0.1) is 28.5 Å². The van der Waals surface area contributed by atoms with Crippen molar-refractivity contribution in [3.05, 3.63) is 130 Å². The number of rotatable bonds is 7. The summed E-state index contributed by atoms with van der Waals surface area (Å²) in [5, 5.41) is 29.7. The van der Waals surface area contributed by atoms with Crippen molar-refractivity contribution in [1.29, 1.82) is 10.5 Å². The van der Waals surface area contributed by atoms with Gasteiger partial charge in [0.15, 0.2) is 0 Å². The summed E-state index contributed by atoms with van der Waals surface area (Å²) in [7, 11) is -4.65. The quantitative estimate of drug-likeness (QED) is 0.178. The van der Waals surface area contributed by atoms with Gasteiger partial charge < -0.3 is 5.11 Å². The zero-order valence-corrected chi connectivity index (χ0v) is 25.8. The Morgan fingerprint density at radius 3 is 2.15 bits per heavy atom. The molecule has 0 aliphatic carbocycles. The molecule has 236 valence electrons. The molecular weight excluding hydrogens is 665 g/mol. The van der Waals surface area contributed by atoms with Gasteiger partial charge in [0.2, 0.25) is 0 Å². The predicted octanol–water partition coefficient (Wildman–Crippen LogP) is 8.45. The van der Waals surface area contributed by atoms with Gasteiger partial charge in [0, 0.05) is 50.6 Å². The van der Waals surface area contributed by atoms with Crippen LogP contribution >= 0.6 is 11.6 Å². The minimum absolute atomic E-state index is 0.00292. The Bertz CT molecular complexity index is 2450. The smallest absolute Gasteiger partial charge is 0.335 e. The average Bonchev–Trinajstić information content (AvgIpc) is 3.42. The van der Waals surface area contributed by atoms with Crippen molar-refractivity contribution in [2.45, 2.75) is 11.3 Å². The molecule has 2 aromatic heterocycles. The molecule has 0 radical (unpaired) electrons. The second-order valence-corrected chi connectivity index (χ2v) is 12.6. The normalized spacial score (nSPS) is 11.4. The lowest BCUT2D eigenvalue weighted by molar-refractivity contribution is 0.0696. The minimum atomic E-state index is -4.65. The molecule has 0 unspecified atom stereocenters. The lowest BCUT2D eigenvalue weighted by Crippen LogP contribution is -2.14. The number of fused-ring (bicyclic) bond motifs is 1. The third kappa shape index (κ3) is 5.43. The summed E-state index contributed by atoms with van der Waals surface area (Å²) in [6, 6.07) is 21.8. The number of carbonyl (C=O) groups is 1. The van der Waals surface area contributed by atoms with Gasteiger partial charge in [-0.05, 0) is 54.1 Å². The Hall–Kier alpha value is -5.95. The maximum Gasteiger partial charge on any atom is 0.335 e. The summed E-state index contributed by atoms with van der Waals surface area (Å²) in [5.41, 5.74) is 0.332. The van der Waals surface area contributed by atoms with Crippen LogP contribution in [0.2, 0.25) is 5.02 Å². The molecule has 0 atom stereocenters. The third-order valence-corrected chi connectivity index (χ3v) is 9.70. The number of halogens is 4. The van der Waals surface area contributed by atoms with E-state index in [1.54, 1.807) is 24.3 Å². The molecular formula is C35H18ClF3N4O4S. The van der Waals surface area contributed by atoms with Gasteiger partial charge in [-0.25, -0.2) is 30.4 Å². The molecule has 8 nitrogen and oxygen atoms in total. The van der Waals surface area contributed by atoms with E-state index in [9.17, 15) is 42.0 Å². The number of carboxylic acid groups (broad SMARTS) is 1. The molecule has 0 aliphatic heterocycles. The van der Waals surface area contributed by atoms with Crippen LogP contribution in [0.5, 0.6) is 0 Å². The zero-order valence-electron chi connectivity index (χ0n) is 24.2. The van der Waals surface area contributed by atoms with E-state index in [-0.39, 0.29) is 59.9 Å². The molecule has 0 spiro atoms. The van der Waals surface area contributed by atoms with Crippen molar-refractivity contribution < 1.29 is 31.5 Å². The van der Waals surface area contributed by atoms with Crippen LogP contribution in [0.4, 0.5) is 13.2 Å². The Morgan fingerprint density at radius 1 is 0.875 bits per heavy atom. The van der Waals surface area contributed by atoms with E-state index in [0.29, 0.717) is 11.1 Å². The number of hydrogen-bond donors (Lipinski definition) is 1. The SMILES string of the molecule is N#Cc1cncc(C#N)c1-c1c(-c2cccc(-c3ccc(C(=O)O)cc3Cl)c2)n(S(=O)(=O)c2ccc(C(F)F)cc2)c2ccc(F)cc12. The molecule has 6 aromatic rings. The standard InChI is InChI=1S/C35H18ClF3N4O4S/c36-29-13-22(35(44)45)6-10-27(29)20-2-1-3-21(12-20)33-32(31-23(15-40)17-42-18-24(31)16-41)28-14-25(37)7-11-30(28)43(33)48(46,47)26-8-4-19(5-9-26)34(38)39/h1-14,17-18,34H,(H,44,45). The number of nitrogens with zero attached hydrogens (tertiary/aromatic N) is 4. The first-order valence-corrected chi connectivity index (χ1v) is 15.7. The minimum Gasteiger partial charge on any atom is -0.478 e. The van der Waals surface area contributed by atoms with E-state index in [0.717, 1.165) is 40.4 Å². The van der Waals surface area contributed by atoms with Crippen molar-refractivity contribution in [1.82, 2.24) is 8.96 Å². The van der Waals surface area contributed by atoms with Crippen molar-refractivity contribution >= 4 is 38.5 Å². The number of pyridine rings is 1. The number of benzene rings is 4. The van der Waals surface area contributed by atoms with E-state index in [1.165, 1.54) is 36.7 Å². The van der Waals surface area contributed by atoms with Crippen LogP contribution in [-0.2, 0) is 10.0 Å². The Balaban J connectivity index is 1.76. The van der Waals surface area contributed by atoms with Gasteiger partial charge in [0.1, 0.15) is 18.0 Å². The number of aromatic nitrogens is 2. The highest BCUT2D eigenvalue weighted by Gasteiger charge is 2.31.